The molecule has 10 heteroatoms. The van der Waals surface area contributed by atoms with Gasteiger partial charge in [0.15, 0.2) is 17.3 Å². The first-order valence-corrected chi connectivity index (χ1v) is 9.95. The minimum atomic E-state index is -0.460. The van der Waals surface area contributed by atoms with E-state index in [4.69, 9.17) is 9.47 Å². The highest BCUT2D eigenvalue weighted by Crippen LogP contribution is 2.37. The SMILES string of the molecule is COc1cc(C=c2sc3nc(-c4ccncc4)nn3c2=O)cc(Br)c1OC(C)=O. The average molecular weight is 473 g/mol. The Morgan fingerprint density at radius 3 is 2.69 bits per heavy atom. The van der Waals surface area contributed by atoms with Crippen molar-refractivity contribution < 1.29 is 14.3 Å². The number of pyridine rings is 1. The Balaban J connectivity index is 1.78. The monoisotopic (exact) mass is 472 g/mol. The van der Waals surface area contributed by atoms with Gasteiger partial charge in [0.1, 0.15) is 0 Å². The molecule has 0 bridgehead atoms. The predicted molar refractivity (Wildman–Crippen MR) is 111 cm³/mol. The van der Waals surface area contributed by atoms with E-state index in [0.29, 0.717) is 31.1 Å². The number of ether oxygens (including phenoxy) is 2. The lowest BCUT2D eigenvalue weighted by atomic mass is 10.2. The summed E-state index contributed by atoms with van der Waals surface area (Å²) in [6.07, 6.45) is 5.00. The molecular formula is C19H13BrN4O4S. The van der Waals surface area contributed by atoms with Gasteiger partial charge in [-0.05, 0) is 51.8 Å². The van der Waals surface area contributed by atoms with Crippen LogP contribution in [0.15, 0.2) is 45.9 Å². The van der Waals surface area contributed by atoms with E-state index < -0.39 is 5.97 Å². The van der Waals surface area contributed by atoms with Crippen LogP contribution in [0.25, 0.3) is 22.4 Å². The topological polar surface area (TPSA) is 95.7 Å². The van der Waals surface area contributed by atoms with Gasteiger partial charge in [0.05, 0.1) is 16.1 Å². The number of benzene rings is 1. The number of carbonyl (C=O) groups is 1. The van der Waals surface area contributed by atoms with Crippen LogP contribution in [0.1, 0.15) is 12.5 Å². The molecule has 0 aliphatic heterocycles. The number of methoxy groups -OCH3 is 1. The van der Waals surface area contributed by atoms with E-state index >= 15 is 0 Å². The Morgan fingerprint density at radius 1 is 1.28 bits per heavy atom. The molecule has 0 N–H and O–H groups in total. The van der Waals surface area contributed by atoms with Gasteiger partial charge in [0.2, 0.25) is 4.96 Å². The number of halogens is 1. The molecule has 146 valence electrons. The summed E-state index contributed by atoms with van der Waals surface area (Å²) < 4.78 is 12.8. The van der Waals surface area contributed by atoms with Crippen molar-refractivity contribution >= 4 is 44.3 Å². The van der Waals surface area contributed by atoms with Crippen LogP contribution in [-0.2, 0) is 4.79 Å². The summed E-state index contributed by atoms with van der Waals surface area (Å²) >= 11 is 4.61. The molecule has 29 heavy (non-hydrogen) atoms. The number of aromatic nitrogens is 4. The summed E-state index contributed by atoms with van der Waals surface area (Å²) in [6.45, 7) is 1.31. The molecule has 0 aliphatic carbocycles. The first kappa shape index (κ1) is 19.2. The van der Waals surface area contributed by atoms with Crippen molar-refractivity contribution in [1.29, 1.82) is 0 Å². The predicted octanol–water partition coefficient (Wildman–Crippen LogP) is 2.46. The minimum absolute atomic E-state index is 0.267. The van der Waals surface area contributed by atoms with Crippen molar-refractivity contribution in [3.8, 4) is 22.9 Å². The van der Waals surface area contributed by atoms with Gasteiger partial charge in [-0.25, -0.2) is 0 Å². The molecule has 1 aromatic carbocycles. The first-order chi connectivity index (χ1) is 14.0. The maximum Gasteiger partial charge on any atom is 0.308 e. The molecule has 3 aromatic heterocycles. The second-order valence-electron chi connectivity index (χ2n) is 5.91. The van der Waals surface area contributed by atoms with E-state index in [1.165, 1.54) is 29.9 Å². The number of rotatable bonds is 4. The van der Waals surface area contributed by atoms with Gasteiger partial charge in [-0.3, -0.25) is 14.6 Å². The van der Waals surface area contributed by atoms with Crippen molar-refractivity contribution in [1.82, 2.24) is 19.6 Å². The second-order valence-corrected chi connectivity index (χ2v) is 7.77. The molecule has 8 nitrogen and oxygen atoms in total. The Hall–Kier alpha value is -3.11. The highest BCUT2D eigenvalue weighted by atomic mass is 79.9. The van der Waals surface area contributed by atoms with E-state index in [-0.39, 0.29) is 11.3 Å². The molecule has 0 spiro atoms. The van der Waals surface area contributed by atoms with Crippen molar-refractivity contribution in [2.24, 2.45) is 0 Å². The summed E-state index contributed by atoms with van der Waals surface area (Å²) in [5.41, 5.74) is 1.22. The van der Waals surface area contributed by atoms with Gasteiger partial charge in [-0.2, -0.15) is 9.50 Å². The molecule has 0 aliphatic rings. The normalized spacial score (nSPS) is 11.8. The largest absolute Gasteiger partial charge is 0.493 e. The standard InChI is InChI=1S/C19H13BrN4O4S/c1-10(25)28-16-13(20)7-11(8-14(16)27-2)9-15-18(26)24-19(29-15)22-17(23-24)12-3-5-21-6-4-12/h3-9H,1-2H3. The lowest BCUT2D eigenvalue weighted by Crippen LogP contribution is -2.23. The molecule has 0 radical (unpaired) electrons. The zero-order valence-electron chi connectivity index (χ0n) is 15.2. The van der Waals surface area contributed by atoms with Crippen LogP contribution in [-0.4, -0.2) is 32.7 Å². The number of hydrogen-bond acceptors (Lipinski definition) is 8. The van der Waals surface area contributed by atoms with Gasteiger partial charge < -0.3 is 9.47 Å². The fourth-order valence-electron chi connectivity index (χ4n) is 2.67. The van der Waals surface area contributed by atoms with Crippen molar-refractivity contribution in [2.45, 2.75) is 6.92 Å². The Bertz CT molecular complexity index is 1330. The Labute approximate surface area is 176 Å². The minimum Gasteiger partial charge on any atom is -0.493 e. The lowest BCUT2D eigenvalue weighted by molar-refractivity contribution is -0.132. The van der Waals surface area contributed by atoms with Crippen molar-refractivity contribution in [3.63, 3.8) is 0 Å². The van der Waals surface area contributed by atoms with Crippen LogP contribution in [0.2, 0.25) is 0 Å². The molecule has 0 fully saturated rings. The van der Waals surface area contributed by atoms with Gasteiger partial charge in [0.25, 0.3) is 5.56 Å². The smallest absolute Gasteiger partial charge is 0.308 e. The van der Waals surface area contributed by atoms with Crippen LogP contribution in [0.4, 0.5) is 0 Å². The van der Waals surface area contributed by atoms with E-state index in [1.807, 2.05) is 0 Å². The molecule has 0 atom stereocenters. The van der Waals surface area contributed by atoms with Crippen LogP contribution in [0.5, 0.6) is 11.5 Å². The zero-order chi connectivity index (χ0) is 20.5. The third-order valence-corrected chi connectivity index (χ3v) is 5.46. The van der Waals surface area contributed by atoms with Gasteiger partial charge in [-0.1, -0.05) is 11.3 Å². The van der Waals surface area contributed by atoms with E-state index in [1.54, 1.807) is 42.7 Å². The number of carbonyl (C=O) groups excluding carboxylic acids is 1. The second kappa shape index (κ2) is 7.72. The summed E-state index contributed by atoms with van der Waals surface area (Å²) in [5, 5.41) is 4.31. The van der Waals surface area contributed by atoms with E-state index in [0.717, 1.165) is 5.56 Å². The first-order valence-electron chi connectivity index (χ1n) is 8.34. The summed E-state index contributed by atoms with van der Waals surface area (Å²) in [7, 11) is 1.47. The molecule has 4 aromatic rings. The van der Waals surface area contributed by atoms with Crippen molar-refractivity contribution in [3.05, 3.63) is 61.6 Å². The highest BCUT2D eigenvalue weighted by Gasteiger charge is 2.15. The number of esters is 1. The van der Waals surface area contributed by atoms with Crippen LogP contribution >= 0.6 is 27.3 Å². The molecule has 3 heterocycles. The van der Waals surface area contributed by atoms with Crippen LogP contribution in [0.3, 0.4) is 0 Å². The van der Waals surface area contributed by atoms with E-state index in [2.05, 4.69) is 31.0 Å². The van der Waals surface area contributed by atoms with Gasteiger partial charge in [0, 0.05) is 24.9 Å². The maximum absolute atomic E-state index is 12.7. The zero-order valence-corrected chi connectivity index (χ0v) is 17.7. The third-order valence-electron chi connectivity index (χ3n) is 3.92. The average Bonchev–Trinajstić information content (AvgIpc) is 3.24. The fourth-order valence-corrected chi connectivity index (χ4v) is 4.12. The van der Waals surface area contributed by atoms with Gasteiger partial charge >= 0.3 is 5.97 Å². The number of nitrogens with zero attached hydrogens (tertiary/aromatic N) is 4. The van der Waals surface area contributed by atoms with Gasteiger partial charge in [-0.15, -0.1) is 5.10 Å². The Morgan fingerprint density at radius 2 is 2.03 bits per heavy atom. The molecule has 4 rings (SSSR count). The number of thiazole rings is 1. The molecule has 0 saturated heterocycles. The fraction of sp³-hybridized carbons (Fsp3) is 0.105. The summed E-state index contributed by atoms with van der Waals surface area (Å²) in [4.78, 5) is 32.9. The molecule has 0 unspecified atom stereocenters. The number of hydrogen-bond donors (Lipinski definition) is 0. The third kappa shape index (κ3) is 3.76. The van der Waals surface area contributed by atoms with E-state index in [9.17, 15) is 9.59 Å². The van der Waals surface area contributed by atoms with Crippen molar-refractivity contribution in [2.75, 3.05) is 7.11 Å². The lowest BCUT2D eigenvalue weighted by Gasteiger charge is -2.10. The summed E-state index contributed by atoms with van der Waals surface area (Å²) in [5.74, 6) is 0.660. The summed E-state index contributed by atoms with van der Waals surface area (Å²) in [6, 6.07) is 6.98. The molecule has 0 saturated carbocycles. The Kier molecular flexibility index (Phi) is 5.12. The van der Waals surface area contributed by atoms with Crippen LogP contribution in [0, 0.1) is 0 Å². The molecular weight excluding hydrogens is 460 g/mol. The molecule has 0 amide bonds. The quantitative estimate of drug-likeness (QED) is 0.332. The van der Waals surface area contributed by atoms with Crippen LogP contribution < -0.4 is 19.6 Å². The maximum atomic E-state index is 12.7. The number of fused-ring (bicyclic) bond motifs is 1. The highest BCUT2D eigenvalue weighted by molar-refractivity contribution is 9.10.